The first-order valence-corrected chi connectivity index (χ1v) is 7.00. The van der Waals surface area contributed by atoms with Crippen LogP contribution in [0.2, 0.25) is 5.02 Å². The fourth-order valence-corrected chi connectivity index (χ4v) is 2.11. The maximum atomic E-state index is 12.1. The fourth-order valence-electron chi connectivity index (χ4n) is 1.98. The molecule has 0 spiro atoms. The summed E-state index contributed by atoms with van der Waals surface area (Å²) in [6.07, 6.45) is 1.62. The Balaban J connectivity index is 1.74. The molecule has 2 heterocycles. The third-order valence-electron chi connectivity index (χ3n) is 3.06. The van der Waals surface area contributed by atoms with Crippen molar-refractivity contribution in [1.82, 2.24) is 14.9 Å². The minimum absolute atomic E-state index is 0.233. The smallest absolute Gasteiger partial charge is 0.278 e. The topological polar surface area (TPSA) is 73.0 Å². The number of hydrogen-bond acceptors (Lipinski definition) is 4. The lowest BCUT2D eigenvalue weighted by Crippen LogP contribution is -2.16. The Bertz CT molecular complexity index is 792. The van der Waals surface area contributed by atoms with Gasteiger partial charge in [0.15, 0.2) is 5.69 Å². The van der Waals surface area contributed by atoms with Gasteiger partial charge in [-0.2, -0.15) is 5.10 Å². The first-order chi connectivity index (χ1) is 10.6. The van der Waals surface area contributed by atoms with E-state index in [0.717, 1.165) is 5.56 Å². The van der Waals surface area contributed by atoms with Crippen molar-refractivity contribution in [2.45, 2.75) is 13.5 Å². The number of carbonyl (C=O) groups is 1. The number of aromatic nitrogens is 3. The van der Waals surface area contributed by atoms with Gasteiger partial charge in [0.05, 0.1) is 12.7 Å². The zero-order valence-corrected chi connectivity index (χ0v) is 12.5. The molecule has 7 heteroatoms. The van der Waals surface area contributed by atoms with Crippen molar-refractivity contribution in [3.8, 4) is 0 Å². The maximum Gasteiger partial charge on any atom is 0.278 e. The number of nitrogens with zero attached hydrogens (tertiary/aromatic N) is 3. The van der Waals surface area contributed by atoms with Gasteiger partial charge < -0.3 is 9.84 Å². The Hall–Kier alpha value is -2.60. The van der Waals surface area contributed by atoms with Crippen LogP contribution in [0.25, 0.3) is 0 Å². The number of carbonyl (C=O) groups excluding carboxylic acids is 1. The van der Waals surface area contributed by atoms with Crippen molar-refractivity contribution in [1.29, 1.82) is 0 Å². The molecule has 0 fully saturated rings. The van der Waals surface area contributed by atoms with Crippen molar-refractivity contribution in [3.63, 3.8) is 0 Å². The summed E-state index contributed by atoms with van der Waals surface area (Å²) in [6, 6.07) is 10.8. The molecule has 1 amide bonds. The normalized spacial score (nSPS) is 10.6. The van der Waals surface area contributed by atoms with E-state index >= 15 is 0 Å². The van der Waals surface area contributed by atoms with E-state index in [-0.39, 0.29) is 11.6 Å². The maximum absolute atomic E-state index is 12.1. The Morgan fingerprint density at radius 1 is 1.32 bits per heavy atom. The highest BCUT2D eigenvalue weighted by Gasteiger charge is 2.13. The molecular weight excluding hydrogens is 304 g/mol. The fraction of sp³-hybridized carbons (Fsp3) is 0.133. The molecule has 1 N–H and O–H groups in total. The molecule has 0 aliphatic rings. The van der Waals surface area contributed by atoms with Crippen LogP contribution < -0.4 is 5.32 Å². The summed E-state index contributed by atoms with van der Waals surface area (Å²) in [7, 11) is 0. The van der Waals surface area contributed by atoms with Crippen LogP contribution >= 0.6 is 11.6 Å². The zero-order valence-electron chi connectivity index (χ0n) is 11.8. The van der Waals surface area contributed by atoms with Gasteiger partial charge in [-0.05, 0) is 24.6 Å². The van der Waals surface area contributed by atoms with Crippen LogP contribution in [0.4, 0.5) is 5.82 Å². The Morgan fingerprint density at radius 3 is 2.77 bits per heavy atom. The SMILES string of the molecule is Cc1cc(C(=O)Nc2ccnn2Cc2ccc(Cl)cc2)no1. The van der Waals surface area contributed by atoms with E-state index in [1.165, 1.54) is 0 Å². The van der Waals surface area contributed by atoms with Gasteiger partial charge in [0.2, 0.25) is 0 Å². The van der Waals surface area contributed by atoms with Crippen LogP contribution in [0, 0.1) is 6.92 Å². The number of halogens is 1. The lowest BCUT2D eigenvalue weighted by atomic mass is 10.2. The Kier molecular flexibility index (Phi) is 3.93. The quantitative estimate of drug-likeness (QED) is 0.802. The van der Waals surface area contributed by atoms with Crippen LogP contribution in [-0.2, 0) is 6.54 Å². The van der Waals surface area contributed by atoms with E-state index < -0.39 is 0 Å². The lowest BCUT2D eigenvalue weighted by Gasteiger charge is -2.08. The Labute approximate surface area is 131 Å². The second-order valence-electron chi connectivity index (χ2n) is 4.78. The van der Waals surface area contributed by atoms with E-state index in [1.54, 1.807) is 29.9 Å². The Morgan fingerprint density at radius 2 is 2.09 bits per heavy atom. The van der Waals surface area contributed by atoms with Crippen molar-refractivity contribution >= 4 is 23.3 Å². The minimum atomic E-state index is -0.338. The van der Waals surface area contributed by atoms with Gasteiger partial charge in [-0.25, -0.2) is 4.68 Å². The molecular formula is C15H13ClN4O2. The lowest BCUT2D eigenvalue weighted by molar-refractivity contribution is 0.101. The predicted octanol–water partition coefficient (Wildman–Crippen LogP) is 3.13. The summed E-state index contributed by atoms with van der Waals surface area (Å²) < 4.78 is 6.58. The third kappa shape index (κ3) is 3.17. The summed E-state index contributed by atoms with van der Waals surface area (Å²) in [5.41, 5.74) is 1.26. The molecule has 3 aromatic rings. The van der Waals surface area contributed by atoms with Gasteiger partial charge in [0.25, 0.3) is 5.91 Å². The zero-order chi connectivity index (χ0) is 15.5. The highest BCUT2D eigenvalue weighted by molar-refractivity contribution is 6.30. The largest absolute Gasteiger partial charge is 0.361 e. The van der Waals surface area contributed by atoms with Gasteiger partial charge in [-0.15, -0.1) is 0 Å². The number of amides is 1. The molecule has 0 aliphatic carbocycles. The van der Waals surface area contributed by atoms with E-state index in [1.807, 2.05) is 24.3 Å². The molecule has 0 radical (unpaired) electrons. The number of nitrogens with one attached hydrogen (secondary N) is 1. The van der Waals surface area contributed by atoms with Gasteiger partial charge in [-0.1, -0.05) is 28.9 Å². The second kappa shape index (κ2) is 6.03. The third-order valence-corrected chi connectivity index (χ3v) is 3.32. The van der Waals surface area contributed by atoms with Crippen LogP contribution in [0.1, 0.15) is 21.8 Å². The molecule has 0 saturated heterocycles. The van der Waals surface area contributed by atoms with Gasteiger partial charge in [0.1, 0.15) is 11.6 Å². The number of hydrogen-bond donors (Lipinski definition) is 1. The van der Waals surface area contributed by atoms with Gasteiger partial charge in [0, 0.05) is 17.2 Å². The molecule has 22 heavy (non-hydrogen) atoms. The molecule has 0 unspecified atom stereocenters. The molecule has 1 aromatic carbocycles. The summed E-state index contributed by atoms with van der Waals surface area (Å²) in [5.74, 6) is 0.829. The number of benzene rings is 1. The standard InChI is InChI=1S/C15H13ClN4O2/c1-10-8-13(19-22-10)15(21)18-14-6-7-17-20(14)9-11-2-4-12(16)5-3-11/h2-8H,9H2,1H3,(H,18,21). The van der Waals surface area contributed by atoms with Crippen molar-refractivity contribution in [3.05, 3.63) is 64.6 Å². The highest BCUT2D eigenvalue weighted by atomic mass is 35.5. The van der Waals surface area contributed by atoms with E-state index in [0.29, 0.717) is 23.1 Å². The highest BCUT2D eigenvalue weighted by Crippen LogP contribution is 2.14. The van der Waals surface area contributed by atoms with Crippen LogP contribution in [0.3, 0.4) is 0 Å². The van der Waals surface area contributed by atoms with E-state index in [2.05, 4.69) is 15.6 Å². The summed E-state index contributed by atoms with van der Waals surface area (Å²) in [4.78, 5) is 12.1. The molecule has 112 valence electrons. The average molecular weight is 317 g/mol. The molecule has 0 atom stereocenters. The van der Waals surface area contributed by atoms with Crippen molar-refractivity contribution in [2.75, 3.05) is 5.32 Å². The molecule has 6 nitrogen and oxygen atoms in total. The number of rotatable bonds is 4. The van der Waals surface area contributed by atoms with Gasteiger partial charge in [-0.3, -0.25) is 4.79 Å². The second-order valence-corrected chi connectivity index (χ2v) is 5.21. The monoisotopic (exact) mass is 316 g/mol. The van der Waals surface area contributed by atoms with Crippen molar-refractivity contribution in [2.24, 2.45) is 0 Å². The molecule has 3 rings (SSSR count). The van der Waals surface area contributed by atoms with Crippen LogP contribution in [0.15, 0.2) is 47.1 Å². The summed E-state index contributed by atoms with van der Waals surface area (Å²) >= 11 is 5.87. The molecule has 2 aromatic heterocycles. The minimum Gasteiger partial charge on any atom is -0.361 e. The molecule has 0 aliphatic heterocycles. The first kappa shape index (κ1) is 14.3. The predicted molar refractivity (Wildman–Crippen MR) is 82.0 cm³/mol. The van der Waals surface area contributed by atoms with E-state index in [4.69, 9.17) is 16.1 Å². The summed E-state index contributed by atoms with van der Waals surface area (Å²) in [6.45, 7) is 2.26. The number of anilines is 1. The van der Waals surface area contributed by atoms with E-state index in [9.17, 15) is 4.79 Å². The first-order valence-electron chi connectivity index (χ1n) is 6.63. The summed E-state index contributed by atoms with van der Waals surface area (Å²) in [5, 5.41) is 11.3. The molecule has 0 bridgehead atoms. The average Bonchev–Trinajstić information content (AvgIpc) is 3.11. The molecule has 0 saturated carbocycles. The van der Waals surface area contributed by atoms with Crippen molar-refractivity contribution < 1.29 is 9.32 Å². The van der Waals surface area contributed by atoms with Crippen LogP contribution in [0.5, 0.6) is 0 Å². The van der Waals surface area contributed by atoms with Gasteiger partial charge >= 0.3 is 0 Å². The number of aryl methyl sites for hydroxylation is 1. The van der Waals surface area contributed by atoms with Crippen LogP contribution in [-0.4, -0.2) is 20.8 Å².